The summed E-state index contributed by atoms with van der Waals surface area (Å²) in [6.45, 7) is 3.12. The lowest BCUT2D eigenvalue weighted by Crippen LogP contribution is -2.40. The summed E-state index contributed by atoms with van der Waals surface area (Å²) in [5, 5.41) is 7.24. The van der Waals surface area contributed by atoms with E-state index in [4.69, 9.17) is 0 Å². The largest absolute Gasteiger partial charge is 0.382 e. The summed E-state index contributed by atoms with van der Waals surface area (Å²) in [5.41, 5.74) is 2.56. The SMILES string of the molecule is Cc1ccc2c(n1)NC1(CCCCC1)CCN2. The maximum Gasteiger partial charge on any atom is 0.150 e. The van der Waals surface area contributed by atoms with Crippen molar-refractivity contribution in [2.45, 2.75) is 51.0 Å². The molecule has 3 heteroatoms. The number of nitrogens with zero attached hydrogens (tertiary/aromatic N) is 1. The molecule has 1 aliphatic heterocycles. The standard InChI is InChI=1S/C14H21N3/c1-11-5-6-12-13(16-11)17-14(9-10-15-12)7-3-2-4-8-14/h5-6,15H,2-4,7-10H2,1H3,(H,16,17). The number of pyridine rings is 1. The van der Waals surface area contributed by atoms with E-state index in [0.29, 0.717) is 5.54 Å². The van der Waals surface area contributed by atoms with Crippen molar-refractivity contribution in [2.75, 3.05) is 17.2 Å². The Kier molecular flexibility index (Phi) is 2.69. The molecular weight excluding hydrogens is 210 g/mol. The van der Waals surface area contributed by atoms with Gasteiger partial charge in [0.1, 0.15) is 5.82 Å². The van der Waals surface area contributed by atoms with Crippen molar-refractivity contribution in [3.63, 3.8) is 0 Å². The van der Waals surface area contributed by atoms with Gasteiger partial charge in [0, 0.05) is 17.8 Å². The predicted octanol–water partition coefficient (Wildman–Crippen LogP) is 3.32. The van der Waals surface area contributed by atoms with Crippen LogP contribution in [0.4, 0.5) is 11.5 Å². The van der Waals surface area contributed by atoms with Crippen LogP contribution in [0.1, 0.15) is 44.2 Å². The molecule has 0 amide bonds. The fourth-order valence-electron chi connectivity index (χ4n) is 3.15. The third kappa shape index (κ3) is 2.11. The zero-order chi connectivity index (χ0) is 11.7. The van der Waals surface area contributed by atoms with E-state index in [1.807, 2.05) is 0 Å². The molecular formula is C14H21N3. The molecule has 1 fully saturated rings. The maximum absolute atomic E-state index is 4.65. The van der Waals surface area contributed by atoms with E-state index in [1.165, 1.54) is 38.5 Å². The van der Waals surface area contributed by atoms with Crippen molar-refractivity contribution in [2.24, 2.45) is 0 Å². The molecule has 1 spiro atoms. The molecule has 17 heavy (non-hydrogen) atoms. The van der Waals surface area contributed by atoms with Crippen LogP contribution in [0.15, 0.2) is 12.1 Å². The summed E-state index contributed by atoms with van der Waals surface area (Å²) in [4.78, 5) is 4.65. The second-order valence-electron chi connectivity index (χ2n) is 5.49. The Morgan fingerprint density at radius 3 is 2.76 bits per heavy atom. The Morgan fingerprint density at radius 2 is 1.94 bits per heavy atom. The molecule has 1 saturated carbocycles. The van der Waals surface area contributed by atoms with Crippen LogP contribution in [-0.2, 0) is 0 Å². The highest BCUT2D eigenvalue weighted by atomic mass is 15.1. The Morgan fingerprint density at radius 1 is 1.12 bits per heavy atom. The van der Waals surface area contributed by atoms with E-state index in [9.17, 15) is 0 Å². The quantitative estimate of drug-likeness (QED) is 0.719. The molecule has 0 bridgehead atoms. The molecule has 1 aliphatic carbocycles. The van der Waals surface area contributed by atoms with Gasteiger partial charge in [0.2, 0.25) is 0 Å². The van der Waals surface area contributed by atoms with E-state index >= 15 is 0 Å². The van der Waals surface area contributed by atoms with E-state index in [1.54, 1.807) is 0 Å². The highest BCUT2D eigenvalue weighted by Gasteiger charge is 2.34. The molecule has 3 rings (SSSR count). The van der Waals surface area contributed by atoms with Gasteiger partial charge in [-0.25, -0.2) is 4.98 Å². The first-order valence-corrected chi connectivity index (χ1v) is 6.77. The average molecular weight is 231 g/mol. The molecule has 2 heterocycles. The summed E-state index contributed by atoms with van der Waals surface area (Å²) in [6, 6.07) is 4.22. The zero-order valence-electron chi connectivity index (χ0n) is 10.6. The van der Waals surface area contributed by atoms with Crippen LogP contribution in [0.3, 0.4) is 0 Å². The van der Waals surface area contributed by atoms with Gasteiger partial charge in [-0.15, -0.1) is 0 Å². The molecule has 0 saturated heterocycles. The van der Waals surface area contributed by atoms with Crippen molar-refractivity contribution in [3.05, 3.63) is 17.8 Å². The second kappa shape index (κ2) is 4.21. The van der Waals surface area contributed by atoms with Gasteiger partial charge in [-0.1, -0.05) is 19.3 Å². The minimum Gasteiger partial charge on any atom is -0.382 e. The zero-order valence-corrected chi connectivity index (χ0v) is 10.6. The lowest BCUT2D eigenvalue weighted by molar-refractivity contribution is 0.312. The molecule has 2 aliphatic rings. The summed E-state index contributed by atoms with van der Waals surface area (Å²) in [6.07, 6.45) is 7.91. The van der Waals surface area contributed by atoms with E-state index in [2.05, 4.69) is 34.7 Å². The molecule has 0 radical (unpaired) electrons. The Labute approximate surface area is 103 Å². The van der Waals surface area contributed by atoms with Gasteiger partial charge in [-0.2, -0.15) is 0 Å². The number of aromatic nitrogens is 1. The highest BCUT2D eigenvalue weighted by molar-refractivity contribution is 5.66. The molecule has 92 valence electrons. The van der Waals surface area contributed by atoms with Crippen molar-refractivity contribution >= 4 is 11.5 Å². The van der Waals surface area contributed by atoms with Gasteiger partial charge in [0.05, 0.1) is 5.69 Å². The second-order valence-corrected chi connectivity index (χ2v) is 5.49. The number of aryl methyl sites for hydroxylation is 1. The highest BCUT2D eigenvalue weighted by Crippen LogP contribution is 2.37. The van der Waals surface area contributed by atoms with E-state index < -0.39 is 0 Å². The van der Waals surface area contributed by atoms with Gasteiger partial charge < -0.3 is 10.6 Å². The molecule has 0 unspecified atom stereocenters. The number of nitrogens with one attached hydrogen (secondary N) is 2. The third-order valence-electron chi connectivity index (χ3n) is 4.15. The van der Waals surface area contributed by atoms with Crippen LogP contribution in [0.2, 0.25) is 0 Å². The topological polar surface area (TPSA) is 37.0 Å². The number of fused-ring (bicyclic) bond motifs is 1. The first-order valence-electron chi connectivity index (χ1n) is 6.77. The van der Waals surface area contributed by atoms with Gasteiger partial charge in [-0.05, 0) is 38.3 Å². The first-order chi connectivity index (χ1) is 8.27. The van der Waals surface area contributed by atoms with Crippen LogP contribution in [0, 0.1) is 6.92 Å². The number of hydrogen-bond donors (Lipinski definition) is 2. The molecule has 2 N–H and O–H groups in total. The first kappa shape index (κ1) is 10.9. The number of rotatable bonds is 0. The van der Waals surface area contributed by atoms with Crippen LogP contribution in [0.5, 0.6) is 0 Å². The van der Waals surface area contributed by atoms with E-state index in [-0.39, 0.29) is 0 Å². The average Bonchev–Trinajstić information content (AvgIpc) is 2.49. The lowest BCUT2D eigenvalue weighted by Gasteiger charge is -2.37. The third-order valence-corrected chi connectivity index (χ3v) is 4.15. The number of anilines is 2. The van der Waals surface area contributed by atoms with Crippen LogP contribution in [-0.4, -0.2) is 17.1 Å². The van der Waals surface area contributed by atoms with Crippen molar-refractivity contribution < 1.29 is 0 Å². The predicted molar refractivity (Wildman–Crippen MR) is 71.5 cm³/mol. The van der Waals surface area contributed by atoms with Gasteiger partial charge >= 0.3 is 0 Å². The van der Waals surface area contributed by atoms with Crippen molar-refractivity contribution in [1.29, 1.82) is 0 Å². The van der Waals surface area contributed by atoms with Gasteiger partial charge in [0.15, 0.2) is 0 Å². The fourth-order valence-corrected chi connectivity index (χ4v) is 3.15. The Balaban J connectivity index is 1.92. The summed E-state index contributed by atoms with van der Waals surface area (Å²) in [7, 11) is 0. The van der Waals surface area contributed by atoms with Gasteiger partial charge in [-0.3, -0.25) is 0 Å². The van der Waals surface area contributed by atoms with E-state index in [0.717, 1.165) is 23.7 Å². The van der Waals surface area contributed by atoms with Crippen LogP contribution >= 0.6 is 0 Å². The Bertz CT molecular complexity index is 408. The minimum absolute atomic E-state index is 0.303. The molecule has 1 aromatic rings. The fraction of sp³-hybridized carbons (Fsp3) is 0.643. The minimum atomic E-state index is 0.303. The summed E-state index contributed by atoms with van der Waals surface area (Å²) in [5.74, 6) is 1.06. The monoisotopic (exact) mass is 231 g/mol. The van der Waals surface area contributed by atoms with Crippen molar-refractivity contribution in [3.8, 4) is 0 Å². The maximum atomic E-state index is 4.65. The molecule has 1 aromatic heterocycles. The number of hydrogen-bond acceptors (Lipinski definition) is 3. The lowest BCUT2D eigenvalue weighted by atomic mass is 9.79. The summed E-state index contributed by atoms with van der Waals surface area (Å²) >= 11 is 0. The van der Waals surface area contributed by atoms with Crippen molar-refractivity contribution in [1.82, 2.24) is 4.98 Å². The molecule has 3 nitrogen and oxygen atoms in total. The summed E-state index contributed by atoms with van der Waals surface area (Å²) < 4.78 is 0. The normalized spacial score (nSPS) is 22.2. The van der Waals surface area contributed by atoms with Crippen LogP contribution < -0.4 is 10.6 Å². The smallest absolute Gasteiger partial charge is 0.150 e. The molecule has 0 aromatic carbocycles. The molecule has 0 atom stereocenters. The van der Waals surface area contributed by atoms with Crippen LogP contribution in [0.25, 0.3) is 0 Å². The Hall–Kier alpha value is -1.25. The van der Waals surface area contributed by atoms with Gasteiger partial charge in [0.25, 0.3) is 0 Å².